The van der Waals surface area contributed by atoms with E-state index in [-0.39, 0.29) is 5.60 Å². The van der Waals surface area contributed by atoms with Crippen molar-refractivity contribution in [1.82, 2.24) is 15.3 Å². The number of ether oxygens (including phenoxy) is 1. The van der Waals surface area contributed by atoms with Crippen LogP contribution in [-0.2, 0) is 6.54 Å². The summed E-state index contributed by atoms with van der Waals surface area (Å²) < 4.78 is 5.61. The van der Waals surface area contributed by atoms with Crippen molar-refractivity contribution in [3.8, 4) is 5.88 Å². The van der Waals surface area contributed by atoms with E-state index in [1.807, 2.05) is 20.8 Å². The first-order valence-electron chi connectivity index (χ1n) is 6.07. The summed E-state index contributed by atoms with van der Waals surface area (Å²) in [5.74, 6) is 1.22. The molecule has 0 fully saturated rings. The van der Waals surface area contributed by atoms with E-state index in [4.69, 9.17) is 4.74 Å². The van der Waals surface area contributed by atoms with Gasteiger partial charge in [0.05, 0.1) is 18.1 Å². The van der Waals surface area contributed by atoms with Crippen molar-refractivity contribution in [2.24, 2.45) is 5.92 Å². The molecule has 0 aromatic carbocycles. The molecule has 0 unspecified atom stereocenters. The predicted molar refractivity (Wildman–Crippen MR) is 69.0 cm³/mol. The number of nitrogens with zero attached hydrogens (tertiary/aromatic N) is 2. The van der Waals surface area contributed by atoms with Crippen molar-refractivity contribution in [3.63, 3.8) is 0 Å². The molecule has 0 saturated heterocycles. The second-order valence-electron chi connectivity index (χ2n) is 5.59. The highest BCUT2D eigenvalue weighted by Crippen LogP contribution is 2.13. The van der Waals surface area contributed by atoms with Gasteiger partial charge in [0.25, 0.3) is 0 Å². The number of aromatic nitrogens is 2. The lowest BCUT2D eigenvalue weighted by molar-refractivity contribution is 0.123. The van der Waals surface area contributed by atoms with E-state index < -0.39 is 0 Å². The quantitative estimate of drug-likeness (QED) is 0.854. The fraction of sp³-hybridized carbons (Fsp3) is 0.692. The predicted octanol–water partition coefficient (Wildman–Crippen LogP) is 2.40. The van der Waals surface area contributed by atoms with Gasteiger partial charge in [-0.25, -0.2) is 4.98 Å². The Kier molecular flexibility index (Phi) is 4.87. The summed E-state index contributed by atoms with van der Waals surface area (Å²) in [6, 6.07) is 0. The van der Waals surface area contributed by atoms with Crippen LogP contribution in [0.5, 0.6) is 5.88 Å². The maximum atomic E-state index is 5.61. The lowest BCUT2D eigenvalue weighted by Gasteiger charge is -2.19. The zero-order valence-corrected chi connectivity index (χ0v) is 11.4. The first-order chi connectivity index (χ1) is 7.87. The van der Waals surface area contributed by atoms with Gasteiger partial charge in [-0.1, -0.05) is 13.8 Å². The van der Waals surface area contributed by atoms with Crippen LogP contribution in [0.2, 0.25) is 0 Å². The molecular formula is C13H23N3O. The fourth-order valence-corrected chi connectivity index (χ4v) is 1.29. The summed E-state index contributed by atoms with van der Waals surface area (Å²) in [5.41, 5.74) is 0.707. The molecule has 1 rings (SSSR count). The van der Waals surface area contributed by atoms with Crippen molar-refractivity contribution in [2.75, 3.05) is 6.54 Å². The smallest absolute Gasteiger partial charge is 0.232 e. The van der Waals surface area contributed by atoms with E-state index in [0.717, 1.165) is 18.8 Å². The van der Waals surface area contributed by atoms with Crippen LogP contribution in [0.4, 0.5) is 0 Å². The summed E-state index contributed by atoms with van der Waals surface area (Å²) in [7, 11) is 0. The largest absolute Gasteiger partial charge is 0.471 e. The minimum Gasteiger partial charge on any atom is -0.471 e. The van der Waals surface area contributed by atoms with Crippen LogP contribution in [0.15, 0.2) is 12.4 Å². The summed E-state index contributed by atoms with van der Waals surface area (Å²) in [6.07, 6.45) is 3.44. The van der Waals surface area contributed by atoms with Crippen LogP contribution in [0, 0.1) is 5.92 Å². The van der Waals surface area contributed by atoms with Crippen molar-refractivity contribution in [2.45, 2.75) is 46.8 Å². The zero-order valence-electron chi connectivity index (χ0n) is 11.4. The summed E-state index contributed by atoms with van der Waals surface area (Å²) in [6.45, 7) is 12.1. The molecule has 0 aliphatic carbocycles. The lowest BCUT2D eigenvalue weighted by Crippen LogP contribution is -2.24. The fourth-order valence-electron chi connectivity index (χ4n) is 1.29. The summed E-state index contributed by atoms with van der Waals surface area (Å²) in [4.78, 5) is 8.55. The second-order valence-corrected chi connectivity index (χ2v) is 5.59. The Morgan fingerprint density at radius 1 is 1.24 bits per heavy atom. The van der Waals surface area contributed by atoms with E-state index in [0.29, 0.717) is 11.8 Å². The maximum absolute atomic E-state index is 5.61. The molecule has 0 atom stereocenters. The van der Waals surface area contributed by atoms with Crippen LogP contribution in [0.25, 0.3) is 0 Å². The van der Waals surface area contributed by atoms with Crippen molar-refractivity contribution in [3.05, 3.63) is 18.1 Å². The third-order valence-electron chi connectivity index (χ3n) is 1.95. The molecule has 4 heteroatoms. The lowest BCUT2D eigenvalue weighted by atomic mass is 10.2. The number of rotatable bonds is 5. The Morgan fingerprint density at radius 2 is 1.94 bits per heavy atom. The topological polar surface area (TPSA) is 47.0 Å². The van der Waals surface area contributed by atoms with E-state index >= 15 is 0 Å². The SMILES string of the molecule is CC(C)CNCc1cnc(OC(C)(C)C)cn1. The van der Waals surface area contributed by atoms with Gasteiger partial charge in [-0.2, -0.15) is 0 Å². The molecular weight excluding hydrogens is 214 g/mol. The van der Waals surface area contributed by atoms with Crippen molar-refractivity contribution >= 4 is 0 Å². The van der Waals surface area contributed by atoms with Gasteiger partial charge in [-0.15, -0.1) is 0 Å². The van der Waals surface area contributed by atoms with E-state index in [1.165, 1.54) is 0 Å². The zero-order chi connectivity index (χ0) is 12.9. The molecule has 0 bridgehead atoms. The monoisotopic (exact) mass is 237 g/mol. The molecule has 1 aromatic rings. The van der Waals surface area contributed by atoms with E-state index in [1.54, 1.807) is 12.4 Å². The molecule has 0 aliphatic heterocycles. The summed E-state index contributed by atoms with van der Waals surface area (Å²) >= 11 is 0. The minimum atomic E-state index is -0.230. The first kappa shape index (κ1) is 13.9. The molecule has 17 heavy (non-hydrogen) atoms. The Morgan fingerprint density at radius 3 is 2.41 bits per heavy atom. The van der Waals surface area contributed by atoms with Crippen LogP contribution in [0.3, 0.4) is 0 Å². The first-order valence-corrected chi connectivity index (χ1v) is 6.07. The van der Waals surface area contributed by atoms with Crippen LogP contribution < -0.4 is 10.1 Å². The van der Waals surface area contributed by atoms with Gasteiger partial charge in [0, 0.05) is 6.54 Å². The van der Waals surface area contributed by atoms with Crippen LogP contribution in [0.1, 0.15) is 40.3 Å². The van der Waals surface area contributed by atoms with Crippen molar-refractivity contribution < 1.29 is 4.74 Å². The molecule has 1 heterocycles. The van der Waals surface area contributed by atoms with Gasteiger partial charge < -0.3 is 10.1 Å². The van der Waals surface area contributed by atoms with Gasteiger partial charge in [0.15, 0.2) is 0 Å². The molecule has 4 nitrogen and oxygen atoms in total. The van der Waals surface area contributed by atoms with E-state index in [2.05, 4.69) is 29.1 Å². The van der Waals surface area contributed by atoms with E-state index in [9.17, 15) is 0 Å². The second kappa shape index (κ2) is 5.96. The number of nitrogens with one attached hydrogen (secondary N) is 1. The average molecular weight is 237 g/mol. The third-order valence-corrected chi connectivity index (χ3v) is 1.95. The molecule has 1 N–H and O–H groups in total. The van der Waals surface area contributed by atoms with Crippen LogP contribution >= 0.6 is 0 Å². The Balaban J connectivity index is 2.45. The molecule has 0 aliphatic rings. The standard InChI is InChI=1S/C13H23N3O/c1-10(2)6-14-7-11-8-16-12(9-15-11)17-13(3,4)5/h8-10,14H,6-7H2,1-5H3. The third kappa shape index (κ3) is 6.22. The molecule has 1 aromatic heterocycles. The van der Waals surface area contributed by atoms with Gasteiger partial charge >= 0.3 is 0 Å². The van der Waals surface area contributed by atoms with Gasteiger partial charge in [0.2, 0.25) is 5.88 Å². The summed E-state index contributed by atoms with van der Waals surface area (Å²) in [5, 5.41) is 3.33. The Hall–Kier alpha value is -1.16. The number of hydrogen-bond acceptors (Lipinski definition) is 4. The van der Waals surface area contributed by atoms with Crippen molar-refractivity contribution in [1.29, 1.82) is 0 Å². The normalized spacial score (nSPS) is 11.9. The highest BCUT2D eigenvalue weighted by molar-refractivity contribution is 5.08. The van der Waals surface area contributed by atoms with Gasteiger partial charge in [-0.3, -0.25) is 4.98 Å². The maximum Gasteiger partial charge on any atom is 0.232 e. The highest BCUT2D eigenvalue weighted by atomic mass is 16.5. The van der Waals surface area contributed by atoms with Crippen LogP contribution in [-0.4, -0.2) is 22.1 Å². The van der Waals surface area contributed by atoms with Gasteiger partial charge in [-0.05, 0) is 33.2 Å². The molecule has 0 spiro atoms. The van der Waals surface area contributed by atoms with Gasteiger partial charge in [0.1, 0.15) is 5.60 Å². The Labute approximate surface area is 104 Å². The minimum absolute atomic E-state index is 0.230. The molecule has 0 amide bonds. The number of hydrogen-bond donors (Lipinski definition) is 1. The Bertz CT molecular complexity index is 328. The molecule has 0 saturated carbocycles. The highest BCUT2D eigenvalue weighted by Gasteiger charge is 2.12. The molecule has 96 valence electrons. The molecule has 0 radical (unpaired) electrons. The average Bonchev–Trinajstić information content (AvgIpc) is 2.18.